The van der Waals surface area contributed by atoms with E-state index in [1.165, 1.54) is 0 Å². The van der Waals surface area contributed by atoms with E-state index >= 15 is 0 Å². The Hall–Kier alpha value is -0.370. The molecule has 0 N–H and O–H groups in total. The molecule has 90 valence electrons. The Labute approximate surface area is 95.0 Å². The van der Waals surface area contributed by atoms with Gasteiger partial charge in [-0.05, 0) is 25.9 Å². The van der Waals surface area contributed by atoms with Gasteiger partial charge in [-0.1, -0.05) is 40.5 Å². The van der Waals surface area contributed by atoms with Gasteiger partial charge < -0.3 is 0 Å². The molecule has 0 fully saturated rings. The summed E-state index contributed by atoms with van der Waals surface area (Å²) in [6.07, 6.45) is 3.89. The van der Waals surface area contributed by atoms with Gasteiger partial charge >= 0.3 is 0 Å². The number of hydrogen-bond donors (Lipinski definition) is 0. The summed E-state index contributed by atoms with van der Waals surface area (Å²) in [5.74, 6) is 0.949. The first-order chi connectivity index (χ1) is 7.12. The molecule has 0 radical (unpaired) electrons. The number of ketones is 1. The first-order valence-corrected chi connectivity index (χ1v) is 6.35. The quantitative estimate of drug-likeness (QED) is 0.617. The second-order valence-corrected chi connectivity index (χ2v) is 4.31. The minimum atomic E-state index is 0.143. The summed E-state index contributed by atoms with van der Waals surface area (Å²) in [6, 6.07) is 0.143. The first kappa shape index (κ1) is 14.6. The van der Waals surface area contributed by atoms with Crippen LogP contribution in [0, 0.1) is 5.92 Å². The third-order valence-electron chi connectivity index (χ3n) is 3.30. The van der Waals surface area contributed by atoms with Gasteiger partial charge in [-0.25, -0.2) is 0 Å². The van der Waals surface area contributed by atoms with Gasteiger partial charge in [-0.15, -0.1) is 0 Å². The monoisotopic (exact) mass is 213 g/mol. The summed E-state index contributed by atoms with van der Waals surface area (Å²) in [5, 5.41) is 0. The average molecular weight is 213 g/mol. The molecule has 0 aromatic carbocycles. The number of likely N-dealkylation sites (N-methyl/N-ethyl adjacent to an activating group) is 1. The summed E-state index contributed by atoms with van der Waals surface area (Å²) < 4.78 is 0. The van der Waals surface area contributed by atoms with Crippen molar-refractivity contribution in [2.45, 2.75) is 59.4 Å². The maximum absolute atomic E-state index is 12.1. The molecule has 0 spiro atoms. The minimum absolute atomic E-state index is 0.143. The SMILES string of the molecule is CCCC(=O)C(C(CC)CC)N(C)CC. The van der Waals surface area contributed by atoms with Crippen LogP contribution in [0.5, 0.6) is 0 Å². The number of carbonyl (C=O) groups excluding carboxylic acids is 1. The van der Waals surface area contributed by atoms with E-state index in [0.29, 0.717) is 11.7 Å². The lowest BCUT2D eigenvalue weighted by atomic mass is 9.88. The molecule has 0 aliphatic heterocycles. The average Bonchev–Trinajstić information content (AvgIpc) is 2.24. The second-order valence-electron chi connectivity index (χ2n) is 4.31. The number of Topliss-reactive ketones (excluding diaryl/α,β-unsaturated/α-hetero) is 1. The number of hydrogen-bond acceptors (Lipinski definition) is 2. The maximum atomic E-state index is 12.1. The van der Waals surface area contributed by atoms with Crippen LogP contribution in [-0.4, -0.2) is 30.3 Å². The van der Waals surface area contributed by atoms with Crippen LogP contribution in [0.15, 0.2) is 0 Å². The molecule has 0 rings (SSSR count). The van der Waals surface area contributed by atoms with E-state index in [-0.39, 0.29) is 6.04 Å². The molecule has 0 amide bonds. The van der Waals surface area contributed by atoms with Gasteiger partial charge in [0.25, 0.3) is 0 Å². The van der Waals surface area contributed by atoms with E-state index in [9.17, 15) is 4.79 Å². The molecular formula is C13H27NO. The van der Waals surface area contributed by atoms with Gasteiger partial charge in [0.1, 0.15) is 5.78 Å². The van der Waals surface area contributed by atoms with Crippen molar-refractivity contribution in [2.75, 3.05) is 13.6 Å². The molecule has 0 aromatic heterocycles. The fourth-order valence-corrected chi connectivity index (χ4v) is 2.19. The highest BCUT2D eigenvalue weighted by atomic mass is 16.1. The van der Waals surface area contributed by atoms with Gasteiger partial charge in [-0.2, -0.15) is 0 Å². The van der Waals surface area contributed by atoms with E-state index in [4.69, 9.17) is 0 Å². The summed E-state index contributed by atoms with van der Waals surface area (Å²) in [7, 11) is 2.07. The Morgan fingerprint density at radius 2 is 1.67 bits per heavy atom. The van der Waals surface area contributed by atoms with E-state index in [2.05, 4.69) is 39.6 Å². The molecule has 0 aliphatic rings. The topological polar surface area (TPSA) is 20.3 Å². The van der Waals surface area contributed by atoms with Crippen molar-refractivity contribution in [2.24, 2.45) is 5.92 Å². The third-order valence-corrected chi connectivity index (χ3v) is 3.30. The highest BCUT2D eigenvalue weighted by molar-refractivity contribution is 5.84. The number of nitrogens with zero attached hydrogens (tertiary/aromatic N) is 1. The Balaban J connectivity index is 4.62. The van der Waals surface area contributed by atoms with E-state index in [1.807, 2.05) is 0 Å². The Kier molecular flexibility index (Phi) is 7.67. The van der Waals surface area contributed by atoms with Crippen LogP contribution < -0.4 is 0 Å². The van der Waals surface area contributed by atoms with Gasteiger partial charge in [-0.3, -0.25) is 9.69 Å². The summed E-state index contributed by atoms with van der Waals surface area (Å²) in [4.78, 5) is 14.3. The Bertz CT molecular complexity index is 175. The van der Waals surface area contributed by atoms with Crippen LogP contribution in [0.25, 0.3) is 0 Å². The molecule has 0 heterocycles. The molecule has 0 bridgehead atoms. The Morgan fingerprint density at radius 1 is 1.13 bits per heavy atom. The lowest BCUT2D eigenvalue weighted by molar-refractivity contribution is -0.125. The van der Waals surface area contributed by atoms with Gasteiger partial charge in [0.2, 0.25) is 0 Å². The molecule has 15 heavy (non-hydrogen) atoms. The maximum Gasteiger partial charge on any atom is 0.150 e. The predicted octanol–water partition coefficient (Wildman–Crippen LogP) is 3.11. The van der Waals surface area contributed by atoms with Crippen molar-refractivity contribution in [3.63, 3.8) is 0 Å². The highest BCUT2D eigenvalue weighted by Gasteiger charge is 2.27. The molecule has 2 nitrogen and oxygen atoms in total. The highest BCUT2D eigenvalue weighted by Crippen LogP contribution is 2.20. The zero-order chi connectivity index (χ0) is 11.8. The second kappa shape index (κ2) is 7.86. The van der Waals surface area contributed by atoms with E-state index in [1.54, 1.807) is 0 Å². The van der Waals surface area contributed by atoms with Crippen LogP contribution >= 0.6 is 0 Å². The van der Waals surface area contributed by atoms with Crippen LogP contribution in [0.2, 0.25) is 0 Å². The third kappa shape index (κ3) is 4.33. The van der Waals surface area contributed by atoms with Crippen molar-refractivity contribution < 1.29 is 4.79 Å². The normalized spacial score (nSPS) is 13.5. The van der Waals surface area contributed by atoms with Crippen LogP contribution in [-0.2, 0) is 4.79 Å². The molecule has 1 unspecified atom stereocenters. The van der Waals surface area contributed by atoms with Crippen molar-refractivity contribution in [1.29, 1.82) is 0 Å². The number of rotatable bonds is 8. The lowest BCUT2D eigenvalue weighted by Crippen LogP contribution is -2.43. The molecule has 2 heteroatoms. The van der Waals surface area contributed by atoms with Crippen LogP contribution in [0.3, 0.4) is 0 Å². The van der Waals surface area contributed by atoms with Crippen molar-refractivity contribution in [3.05, 3.63) is 0 Å². The zero-order valence-electron chi connectivity index (χ0n) is 11.0. The van der Waals surface area contributed by atoms with Crippen molar-refractivity contribution >= 4 is 5.78 Å². The predicted molar refractivity (Wildman–Crippen MR) is 66.1 cm³/mol. The lowest BCUT2D eigenvalue weighted by Gasteiger charge is -2.32. The molecule has 0 aromatic rings. The minimum Gasteiger partial charge on any atom is -0.298 e. The molecule has 0 saturated heterocycles. The van der Waals surface area contributed by atoms with Crippen molar-refractivity contribution in [3.8, 4) is 0 Å². The number of carbonyl (C=O) groups is 1. The van der Waals surface area contributed by atoms with Crippen LogP contribution in [0.4, 0.5) is 0 Å². The van der Waals surface area contributed by atoms with Gasteiger partial charge in [0, 0.05) is 6.42 Å². The van der Waals surface area contributed by atoms with Gasteiger partial charge in [0.05, 0.1) is 6.04 Å². The summed E-state index contributed by atoms with van der Waals surface area (Å²) in [6.45, 7) is 9.52. The molecule has 0 aliphatic carbocycles. The fraction of sp³-hybridized carbons (Fsp3) is 0.923. The van der Waals surface area contributed by atoms with E-state index < -0.39 is 0 Å². The summed E-state index contributed by atoms with van der Waals surface area (Å²) >= 11 is 0. The molecular weight excluding hydrogens is 186 g/mol. The smallest absolute Gasteiger partial charge is 0.150 e. The van der Waals surface area contributed by atoms with Gasteiger partial charge in [0.15, 0.2) is 0 Å². The molecule has 1 atom stereocenters. The van der Waals surface area contributed by atoms with E-state index in [0.717, 1.165) is 32.2 Å². The largest absolute Gasteiger partial charge is 0.298 e. The summed E-state index contributed by atoms with van der Waals surface area (Å²) in [5.41, 5.74) is 0. The first-order valence-electron chi connectivity index (χ1n) is 6.35. The molecule has 0 saturated carbocycles. The Morgan fingerprint density at radius 3 is 2.00 bits per heavy atom. The fourth-order valence-electron chi connectivity index (χ4n) is 2.19. The van der Waals surface area contributed by atoms with Crippen molar-refractivity contribution in [1.82, 2.24) is 4.90 Å². The standard InChI is InChI=1S/C13H27NO/c1-6-10-12(15)13(14(5)9-4)11(7-2)8-3/h11,13H,6-10H2,1-5H3. The van der Waals surface area contributed by atoms with Crippen LogP contribution in [0.1, 0.15) is 53.4 Å². The zero-order valence-corrected chi connectivity index (χ0v) is 11.0.